The van der Waals surface area contributed by atoms with Gasteiger partial charge in [-0.2, -0.15) is 10.2 Å². The largest absolute Gasteiger partial charge is 0.488 e. The van der Waals surface area contributed by atoms with E-state index in [0.717, 1.165) is 30.0 Å². The molecule has 2 aliphatic rings. The van der Waals surface area contributed by atoms with Crippen LogP contribution in [0.25, 0.3) is 0 Å². The summed E-state index contributed by atoms with van der Waals surface area (Å²) in [6.45, 7) is 1.04. The number of nitriles is 1. The van der Waals surface area contributed by atoms with Crippen molar-refractivity contribution in [2.75, 3.05) is 23.8 Å². The van der Waals surface area contributed by atoms with E-state index >= 15 is 0 Å². The first-order valence-electron chi connectivity index (χ1n) is 10.1. The molecule has 0 radical (unpaired) electrons. The number of anilines is 3. The van der Waals surface area contributed by atoms with Crippen LogP contribution in [0.2, 0.25) is 0 Å². The Bertz CT molecular complexity index is 1150. The van der Waals surface area contributed by atoms with E-state index in [1.54, 1.807) is 6.07 Å². The van der Waals surface area contributed by atoms with E-state index in [1.165, 1.54) is 11.1 Å². The summed E-state index contributed by atoms with van der Waals surface area (Å²) in [5.74, 6) is 2.22. The minimum atomic E-state index is 0.261. The summed E-state index contributed by atoms with van der Waals surface area (Å²) in [6.07, 6.45) is 5.93. The smallest absolute Gasteiger partial charge is 0.229 e. The molecule has 1 aromatic heterocycles. The van der Waals surface area contributed by atoms with Gasteiger partial charge in [-0.25, -0.2) is 4.98 Å². The van der Waals surface area contributed by atoms with E-state index in [1.807, 2.05) is 30.4 Å². The van der Waals surface area contributed by atoms with E-state index in [-0.39, 0.29) is 5.92 Å². The van der Waals surface area contributed by atoms with Gasteiger partial charge in [0.15, 0.2) is 0 Å². The number of aromatic nitrogens is 2. The van der Waals surface area contributed by atoms with Crippen LogP contribution in [-0.2, 0) is 6.42 Å². The molecule has 5 rings (SSSR count). The van der Waals surface area contributed by atoms with E-state index in [0.29, 0.717) is 30.4 Å². The Morgan fingerprint density at radius 1 is 1.07 bits per heavy atom. The molecule has 0 amide bonds. The number of hydrogen-bond donors (Lipinski definition) is 2. The molecular formula is C24H21N5O. The average molecular weight is 395 g/mol. The molecule has 0 saturated heterocycles. The maximum absolute atomic E-state index is 9.35. The lowest BCUT2D eigenvalue weighted by Crippen LogP contribution is -2.10. The zero-order valence-electron chi connectivity index (χ0n) is 16.4. The Morgan fingerprint density at radius 2 is 1.97 bits per heavy atom. The minimum Gasteiger partial charge on any atom is -0.488 e. The highest BCUT2D eigenvalue weighted by Gasteiger charge is 2.29. The number of nitrogens with one attached hydrogen (secondary N) is 2. The maximum Gasteiger partial charge on any atom is 0.229 e. The highest BCUT2D eigenvalue weighted by molar-refractivity contribution is 5.63. The van der Waals surface area contributed by atoms with Gasteiger partial charge >= 0.3 is 0 Å². The van der Waals surface area contributed by atoms with Crippen molar-refractivity contribution in [3.05, 3.63) is 83.1 Å². The highest BCUT2D eigenvalue weighted by Crippen LogP contribution is 2.40. The van der Waals surface area contributed by atoms with Gasteiger partial charge in [0.05, 0.1) is 11.3 Å². The lowest BCUT2D eigenvalue weighted by molar-refractivity contribution is 0.362. The van der Waals surface area contributed by atoms with Crippen molar-refractivity contribution in [2.24, 2.45) is 0 Å². The quantitative estimate of drug-likeness (QED) is 0.589. The van der Waals surface area contributed by atoms with Crippen molar-refractivity contribution in [3.63, 3.8) is 0 Å². The van der Waals surface area contributed by atoms with E-state index < -0.39 is 0 Å². The number of nitrogens with zero attached hydrogens (tertiary/aromatic N) is 3. The zero-order valence-corrected chi connectivity index (χ0v) is 16.4. The Labute approximate surface area is 175 Å². The molecule has 148 valence electrons. The Balaban J connectivity index is 1.59. The summed E-state index contributed by atoms with van der Waals surface area (Å²) < 4.78 is 5.78. The number of rotatable bonds is 1. The van der Waals surface area contributed by atoms with Crippen LogP contribution < -0.4 is 15.4 Å². The topological polar surface area (TPSA) is 82.9 Å². The van der Waals surface area contributed by atoms with Crippen molar-refractivity contribution in [2.45, 2.75) is 18.8 Å². The summed E-state index contributed by atoms with van der Waals surface area (Å²) in [4.78, 5) is 9.66. The second kappa shape index (κ2) is 7.88. The summed E-state index contributed by atoms with van der Waals surface area (Å²) in [7, 11) is 0. The van der Waals surface area contributed by atoms with Gasteiger partial charge in [-0.15, -0.1) is 0 Å². The number of ether oxygens (including phenoxy) is 1. The van der Waals surface area contributed by atoms with Gasteiger partial charge in [-0.05, 0) is 36.6 Å². The third-order valence-electron chi connectivity index (χ3n) is 5.50. The summed E-state index contributed by atoms with van der Waals surface area (Å²) in [6, 6.07) is 18.1. The molecule has 3 aromatic rings. The molecule has 1 aliphatic heterocycles. The molecule has 1 aliphatic carbocycles. The van der Waals surface area contributed by atoms with E-state index in [9.17, 15) is 5.26 Å². The first-order valence-corrected chi connectivity index (χ1v) is 10.1. The molecule has 2 N–H and O–H groups in total. The van der Waals surface area contributed by atoms with Crippen LogP contribution in [0.3, 0.4) is 0 Å². The Morgan fingerprint density at radius 3 is 2.83 bits per heavy atom. The lowest BCUT2D eigenvalue weighted by atomic mass is 9.97. The molecule has 1 atom stereocenters. The molecular weight excluding hydrogens is 374 g/mol. The average Bonchev–Trinajstić information content (AvgIpc) is 3.20. The molecule has 0 spiro atoms. The zero-order chi connectivity index (χ0) is 20.3. The molecule has 0 saturated carbocycles. The normalized spacial score (nSPS) is 17.1. The fraction of sp³-hybridized carbons (Fsp3) is 0.208. The fourth-order valence-corrected chi connectivity index (χ4v) is 4.06. The monoisotopic (exact) mass is 395 g/mol. The maximum atomic E-state index is 9.35. The first-order chi connectivity index (χ1) is 14.8. The Hall–Kier alpha value is -3.85. The van der Waals surface area contributed by atoms with Crippen molar-refractivity contribution in [1.82, 2.24) is 9.97 Å². The fourth-order valence-electron chi connectivity index (χ4n) is 4.06. The highest BCUT2D eigenvalue weighted by atomic mass is 16.5. The molecule has 4 bridgehead atoms. The summed E-state index contributed by atoms with van der Waals surface area (Å²) in [5.41, 5.74) is 4.83. The van der Waals surface area contributed by atoms with Crippen LogP contribution in [0.15, 0.2) is 60.7 Å². The number of hydrogen-bond acceptors (Lipinski definition) is 6. The molecule has 0 fully saturated rings. The van der Waals surface area contributed by atoms with Crippen molar-refractivity contribution >= 4 is 17.5 Å². The van der Waals surface area contributed by atoms with Gasteiger partial charge in [0.1, 0.15) is 24.2 Å². The van der Waals surface area contributed by atoms with Crippen LogP contribution in [0.4, 0.5) is 17.5 Å². The molecule has 2 aromatic carbocycles. The predicted molar refractivity (Wildman–Crippen MR) is 116 cm³/mol. The molecule has 6 heteroatoms. The van der Waals surface area contributed by atoms with Gasteiger partial charge < -0.3 is 15.4 Å². The van der Waals surface area contributed by atoms with Crippen LogP contribution in [0, 0.1) is 11.3 Å². The SMILES string of the molecule is N#Cc1ccc2cc1OCC=CCNc1nc(nc3c1CCC3c1ccccc1)N2. The second-order valence-corrected chi connectivity index (χ2v) is 7.37. The van der Waals surface area contributed by atoms with Crippen molar-refractivity contribution < 1.29 is 4.74 Å². The van der Waals surface area contributed by atoms with Gasteiger partial charge in [0.2, 0.25) is 5.95 Å². The van der Waals surface area contributed by atoms with Gasteiger partial charge in [0.25, 0.3) is 0 Å². The summed E-state index contributed by atoms with van der Waals surface area (Å²) >= 11 is 0. The van der Waals surface area contributed by atoms with Crippen LogP contribution >= 0.6 is 0 Å². The van der Waals surface area contributed by atoms with Gasteiger partial charge in [-0.1, -0.05) is 36.4 Å². The molecule has 1 unspecified atom stereocenters. The van der Waals surface area contributed by atoms with E-state index in [2.05, 4.69) is 41.0 Å². The molecule has 6 nitrogen and oxygen atoms in total. The summed E-state index contributed by atoms with van der Waals surface area (Å²) in [5, 5.41) is 16.1. The number of fused-ring (bicyclic) bond motifs is 6. The molecule has 30 heavy (non-hydrogen) atoms. The minimum absolute atomic E-state index is 0.261. The van der Waals surface area contributed by atoms with Crippen molar-refractivity contribution in [3.8, 4) is 11.8 Å². The van der Waals surface area contributed by atoms with Gasteiger partial charge in [-0.3, -0.25) is 0 Å². The third-order valence-corrected chi connectivity index (χ3v) is 5.50. The Kier molecular flexibility index (Phi) is 4.78. The third kappa shape index (κ3) is 3.46. The van der Waals surface area contributed by atoms with Crippen LogP contribution in [-0.4, -0.2) is 23.1 Å². The standard InChI is InChI=1S/C24H21N5O/c25-15-17-8-9-18-14-21(17)30-13-5-4-12-26-23-20-11-10-19(16-6-2-1-3-7-16)22(20)28-24(27-18)29-23/h1-9,14,19H,10-13H2,(H2,26,27,28,29). The van der Waals surface area contributed by atoms with Gasteiger partial charge in [0, 0.05) is 29.8 Å². The lowest BCUT2D eigenvalue weighted by Gasteiger charge is -2.15. The van der Waals surface area contributed by atoms with Crippen LogP contribution in [0.5, 0.6) is 5.75 Å². The number of benzene rings is 2. The predicted octanol–water partition coefficient (Wildman–Crippen LogP) is 4.53. The van der Waals surface area contributed by atoms with Crippen LogP contribution in [0.1, 0.15) is 34.7 Å². The van der Waals surface area contributed by atoms with Crippen molar-refractivity contribution in [1.29, 1.82) is 5.26 Å². The second-order valence-electron chi connectivity index (χ2n) is 7.37. The van der Waals surface area contributed by atoms with E-state index in [4.69, 9.17) is 14.7 Å². The molecule has 2 heterocycles. The first kappa shape index (κ1) is 18.2.